The van der Waals surface area contributed by atoms with Gasteiger partial charge in [-0.05, 0) is 32.0 Å². The Bertz CT molecular complexity index is 618. The lowest BCUT2D eigenvalue weighted by molar-refractivity contribution is -0.115. The van der Waals surface area contributed by atoms with Gasteiger partial charge in [-0.1, -0.05) is 12.1 Å². The van der Waals surface area contributed by atoms with E-state index in [1.807, 2.05) is 24.3 Å². The van der Waals surface area contributed by atoms with Gasteiger partial charge in [0, 0.05) is 17.2 Å². The molecule has 104 valence electrons. The summed E-state index contributed by atoms with van der Waals surface area (Å²) in [6.07, 6.45) is 2.38. The SMILES string of the molecule is CNCC(=O)Nc1cccc(-c2n[nH]c(C3CC3)n2)c1. The molecule has 1 aliphatic carbocycles. The fraction of sp³-hybridized carbons (Fsp3) is 0.357. The largest absolute Gasteiger partial charge is 0.325 e. The Morgan fingerprint density at radius 1 is 1.45 bits per heavy atom. The maximum atomic E-state index is 11.6. The number of benzene rings is 1. The molecule has 1 aromatic heterocycles. The molecule has 1 aromatic carbocycles. The Kier molecular flexibility index (Phi) is 3.47. The van der Waals surface area contributed by atoms with Crippen molar-refractivity contribution in [3.63, 3.8) is 0 Å². The van der Waals surface area contributed by atoms with Crippen molar-refractivity contribution in [2.24, 2.45) is 0 Å². The molecule has 6 heteroatoms. The standard InChI is InChI=1S/C14H17N5O/c1-15-8-12(20)16-11-4-2-3-10(7-11)14-17-13(18-19-14)9-5-6-9/h2-4,7,9,15H,5-6,8H2,1H3,(H,16,20)(H,17,18,19). The molecule has 20 heavy (non-hydrogen) atoms. The zero-order chi connectivity index (χ0) is 13.9. The summed E-state index contributed by atoms with van der Waals surface area (Å²) in [6, 6.07) is 7.56. The Labute approximate surface area is 117 Å². The van der Waals surface area contributed by atoms with Gasteiger partial charge in [0.05, 0.1) is 6.54 Å². The van der Waals surface area contributed by atoms with E-state index >= 15 is 0 Å². The number of nitrogens with one attached hydrogen (secondary N) is 3. The quantitative estimate of drug-likeness (QED) is 0.769. The number of amides is 1. The van der Waals surface area contributed by atoms with Crippen LogP contribution in [0.1, 0.15) is 24.6 Å². The minimum atomic E-state index is -0.0710. The molecule has 3 N–H and O–H groups in total. The zero-order valence-electron chi connectivity index (χ0n) is 11.3. The van der Waals surface area contributed by atoms with Gasteiger partial charge in [-0.15, -0.1) is 0 Å². The Balaban J connectivity index is 1.77. The second-order valence-electron chi connectivity index (χ2n) is 4.98. The second-order valence-corrected chi connectivity index (χ2v) is 4.98. The predicted octanol–water partition coefficient (Wildman–Crippen LogP) is 1.51. The molecule has 0 aliphatic heterocycles. The van der Waals surface area contributed by atoms with E-state index in [0.717, 1.165) is 17.1 Å². The summed E-state index contributed by atoms with van der Waals surface area (Å²) in [5.74, 6) is 2.12. The van der Waals surface area contributed by atoms with Gasteiger partial charge in [-0.3, -0.25) is 9.89 Å². The van der Waals surface area contributed by atoms with Crippen LogP contribution in [0.3, 0.4) is 0 Å². The van der Waals surface area contributed by atoms with Gasteiger partial charge in [0.15, 0.2) is 5.82 Å². The van der Waals surface area contributed by atoms with Crippen LogP contribution in [0.15, 0.2) is 24.3 Å². The maximum Gasteiger partial charge on any atom is 0.238 e. The highest BCUT2D eigenvalue weighted by molar-refractivity contribution is 5.92. The number of nitrogens with zero attached hydrogens (tertiary/aromatic N) is 2. The molecule has 0 unspecified atom stereocenters. The van der Waals surface area contributed by atoms with Crippen molar-refractivity contribution in [2.75, 3.05) is 18.9 Å². The summed E-state index contributed by atoms with van der Waals surface area (Å²) >= 11 is 0. The molecule has 2 aromatic rings. The third-order valence-corrected chi connectivity index (χ3v) is 3.21. The Morgan fingerprint density at radius 2 is 2.30 bits per heavy atom. The summed E-state index contributed by atoms with van der Waals surface area (Å²) < 4.78 is 0. The van der Waals surface area contributed by atoms with Gasteiger partial charge in [-0.25, -0.2) is 4.98 Å². The van der Waals surface area contributed by atoms with Crippen molar-refractivity contribution in [1.82, 2.24) is 20.5 Å². The van der Waals surface area contributed by atoms with E-state index in [2.05, 4.69) is 25.8 Å². The van der Waals surface area contributed by atoms with Crippen molar-refractivity contribution >= 4 is 11.6 Å². The number of H-pyrrole nitrogens is 1. The van der Waals surface area contributed by atoms with Crippen LogP contribution in [0.25, 0.3) is 11.4 Å². The topological polar surface area (TPSA) is 82.7 Å². The number of aromatic nitrogens is 3. The molecule has 1 heterocycles. The van der Waals surface area contributed by atoms with E-state index in [1.54, 1.807) is 7.05 Å². The van der Waals surface area contributed by atoms with Crippen LogP contribution in [0.5, 0.6) is 0 Å². The van der Waals surface area contributed by atoms with E-state index in [1.165, 1.54) is 12.8 Å². The number of carbonyl (C=O) groups excluding carboxylic acids is 1. The molecule has 1 aliphatic rings. The smallest absolute Gasteiger partial charge is 0.238 e. The first-order chi connectivity index (χ1) is 9.76. The van der Waals surface area contributed by atoms with Crippen LogP contribution in [-0.4, -0.2) is 34.7 Å². The van der Waals surface area contributed by atoms with Crippen LogP contribution in [0.4, 0.5) is 5.69 Å². The molecule has 1 amide bonds. The third-order valence-electron chi connectivity index (χ3n) is 3.21. The molecule has 1 saturated carbocycles. The number of hydrogen-bond acceptors (Lipinski definition) is 4. The lowest BCUT2D eigenvalue weighted by atomic mass is 10.2. The summed E-state index contributed by atoms with van der Waals surface area (Å²) in [5.41, 5.74) is 1.65. The fourth-order valence-electron chi connectivity index (χ4n) is 2.04. The highest BCUT2D eigenvalue weighted by Crippen LogP contribution is 2.38. The van der Waals surface area contributed by atoms with E-state index < -0.39 is 0 Å². The maximum absolute atomic E-state index is 11.6. The van der Waals surface area contributed by atoms with E-state index in [4.69, 9.17) is 0 Å². The first-order valence-electron chi connectivity index (χ1n) is 6.73. The number of anilines is 1. The Morgan fingerprint density at radius 3 is 3.05 bits per heavy atom. The first kappa shape index (κ1) is 12.8. The van der Waals surface area contributed by atoms with Gasteiger partial charge >= 0.3 is 0 Å². The van der Waals surface area contributed by atoms with E-state index in [-0.39, 0.29) is 12.5 Å². The van der Waals surface area contributed by atoms with Crippen molar-refractivity contribution in [3.05, 3.63) is 30.1 Å². The summed E-state index contributed by atoms with van der Waals surface area (Å²) in [4.78, 5) is 16.1. The molecule has 0 spiro atoms. The van der Waals surface area contributed by atoms with Gasteiger partial charge < -0.3 is 10.6 Å². The van der Waals surface area contributed by atoms with Crippen LogP contribution in [0, 0.1) is 0 Å². The summed E-state index contributed by atoms with van der Waals surface area (Å²) in [7, 11) is 1.74. The van der Waals surface area contributed by atoms with Crippen molar-refractivity contribution in [3.8, 4) is 11.4 Å². The normalized spacial score (nSPS) is 14.2. The lowest BCUT2D eigenvalue weighted by Gasteiger charge is -2.05. The summed E-state index contributed by atoms with van der Waals surface area (Å²) in [5, 5.41) is 12.9. The highest BCUT2D eigenvalue weighted by atomic mass is 16.1. The number of hydrogen-bond donors (Lipinski definition) is 3. The molecule has 0 radical (unpaired) electrons. The van der Waals surface area contributed by atoms with Gasteiger partial charge in [-0.2, -0.15) is 5.10 Å². The van der Waals surface area contributed by atoms with Crippen LogP contribution in [-0.2, 0) is 4.79 Å². The van der Waals surface area contributed by atoms with Crippen LogP contribution < -0.4 is 10.6 Å². The first-order valence-corrected chi connectivity index (χ1v) is 6.73. The minimum absolute atomic E-state index is 0.0710. The zero-order valence-corrected chi connectivity index (χ0v) is 11.3. The fourth-order valence-corrected chi connectivity index (χ4v) is 2.04. The van der Waals surface area contributed by atoms with Crippen molar-refractivity contribution in [1.29, 1.82) is 0 Å². The van der Waals surface area contributed by atoms with Gasteiger partial charge in [0.1, 0.15) is 5.82 Å². The molecule has 3 rings (SSSR count). The second kappa shape index (κ2) is 5.42. The Hall–Kier alpha value is -2.21. The molecular formula is C14H17N5O. The van der Waals surface area contributed by atoms with Crippen molar-refractivity contribution in [2.45, 2.75) is 18.8 Å². The van der Waals surface area contributed by atoms with Gasteiger partial charge in [0.25, 0.3) is 0 Å². The monoisotopic (exact) mass is 271 g/mol. The number of rotatable bonds is 5. The average molecular weight is 271 g/mol. The molecular weight excluding hydrogens is 254 g/mol. The van der Waals surface area contributed by atoms with Crippen LogP contribution >= 0.6 is 0 Å². The molecule has 0 bridgehead atoms. The number of likely N-dealkylation sites (N-methyl/N-ethyl adjacent to an activating group) is 1. The molecule has 0 saturated heterocycles. The minimum Gasteiger partial charge on any atom is -0.325 e. The third kappa shape index (κ3) is 2.85. The average Bonchev–Trinajstić information content (AvgIpc) is 3.17. The molecule has 1 fully saturated rings. The number of carbonyl (C=O) groups is 1. The molecule has 6 nitrogen and oxygen atoms in total. The predicted molar refractivity (Wildman–Crippen MR) is 76.4 cm³/mol. The lowest BCUT2D eigenvalue weighted by Crippen LogP contribution is -2.24. The number of aromatic amines is 1. The van der Waals surface area contributed by atoms with E-state index in [9.17, 15) is 4.79 Å². The van der Waals surface area contributed by atoms with Crippen molar-refractivity contribution < 1.29 is 4.79 Å². The molecule has 0 atom stereocenters. The van der Waals surface area contributed by atoms with Gasteiger partial charge in [0.2, 0.25) is 5.91 Å². The highest BCUT2D eigenvalue weighted by Gasteiger charge is 2.27. The van der Waals surface area contributed by atoms with E-state index in [0.29, 0.717) is 11.7 Å². The van der Waals surface area contributed by atoms with Crippen LogP contribution in [0.2, 0.25) is 0 Å². The summed E-state index contributed by atoms with van der Waals surface area (Å²) in [6.45, 7) is 0.288.